The molecule has 0 aliphatic carbocycles. The third kappa shape index (κ3) is 43.6. The normalized spacial score (nSPS) is 19.2. The van der Waals surface area contributed by atoms with Gasteiger partial charge in [0.05, 0.1) is 19.8 Å². The molecule has 6 unspecified atom stereocenters. The zero-order valence-electron chi connectivity index (χ0n) is 46.2. The van der Waals surface area contributed by atoms with Gasteiger partial charge in [-0.1, -0.05) is 248 Å². The third-order valence-corrected chi connectivity index (χ3v) is 13.9. The van der Waals surface area contributed by atoms with E-state index in [1.165, 1.54) is 148 Å². The predicted molar refractivity (Wildman–Crippen MR) is 299 cm³/mol. The minimum atomic E-state index is -5.07. The van der Waals surface area contributed by atoms with Crippen molar-refractivity contribution >= 4 is 16.4 Å². The molecule has 0 amide bonds. The second-order valence-electron chi connectivity index (χ2n) is 20.2. The van der Waals surface area contributed by atoms with Crippen LogP contribution in [0.4, 0.5) is 0 Å². The highest BCUT2D eigenvalue weighted by molar-refractivity contribution is 7.80. The van der Waals surface area contributed by atoms with Gasteiger partial charge in [-0.05, 0) is 57.8 Å². The van der Waals surface area contributed by atoms with Crippen molar-refractivity contribution in [2.24, 2.45) is 0 Å². The van der Waals surface area contributed by atoms with Crippen LogP contribution in [0.5, 0.6) is 0 Å². The van der Waals surface area contributed by atoms with Gasteiger partial charge in [0.15, 0.2) is 6.29 Å². The van der Waals surface area contributed by atoms with Crippen LogP contribution in [0.2, 0.25) is 0 Å². The Morgan fingerprint density at radius 3 is 1.38 bits per heavy atom. The Hall–Kier alpha value is -2.20. The lowest BCUT2D eigenvalue weighted by atomic mass is 9.99. The van der Waals surface area contributed by atoms with Gasteiger partial charge in [0.2, 0.25) is 0 Å². The lowest BCUT2D eigenvalue weighted by molar-refractivity contribution is -0.301. The topological polar surface area (TPSA) is 178 Å². The zero-order chi connectivity index (χ0) is 53.1. The molecule has 0 saturated carbocycles. The molecule has 1 heterocycles. The lowest BCUT2D eigenvalue weighted by Crippen LogP contribution is -2.60. The first-order valence-corrected chi connectivity index (χ1v) is 30.9. The van der Waals surface area contributed by atoms with Gasteiger partial charge in [-0.2, -0.15) is 8.42 Å². The molecule has 0 bridgehead atoms. The van der Waals surface area contributed by atoms with E-state index in [4.69, 9.17) is 18.9 Å². The SMILES string of the molecule is CC/C=C\C/C=C\C/C=C\C/C=C\C/C=C\CCCCCCCCCCCC(=O)OC(COCCCCCCCCCCCCCCCCCCCCCCC)COC1OC(CO)C(O)C(OS(=O)(=O)O)C1O. The first-order valence-electron chi connectivity index (χ1n) is 29.5. The molecule has 0 spiro atoms. The summed E-state index contributed by atoms with van der Waals surface area (Å²) in [6, 6.07) is 0. The average molecular weight is 1050 g/mol. The van der Waals surface area contributed by atoms with Crippen LogP contribution >= 0.6 is 0 Å². The maximum atomic E-state index is 13.0. The number of hydrogen-bond donors (Lipinski definition) is 4. The summed E-state index contributed by atoms with van der Waals surface area (Å²) in [5, 5.41) is 30.9. The summed E-state index contributed by atoms with van der Waals surface area (Å²) in [7, 11) is -5.07. The van der Waals surface area contributed by atoms with Gasteiger partial charge in [-0.25, -0.2) is 4.18 Å². The van der Waals surface area contributed by atoms with Crippen molar-refractivity contribution in [3.63, 3.8) is 0 Å². The van der Waals surface area contributed by atoms with Crippen molar-refractivity contribution in [3.05, 3.63) is 60.8 Å². The molecule has 6 atom stereocenters. The number of hydrogen-bond acceptors (Lipinski definition) is 11. The Kier molecular flexibility index (Phi) is 47.7. The fraction of sp³-hybridized carbons (Fsp3) is 0.817. The number of esters is 1. The zero-order valence-corrected chi connectivity index (χ0v) is 47.0. The fourth-order valence-electron chi connectivity index (χ4n) is 9.00. The average Bonchev–Trinajstić information content (AvgIpc) is 3.37. The molecule has 13 heteroatoms. The predicted octanol–water partition coefficient (Wildman–Crippen LogP) is 14.8. The van der Waals surface area contributed by atoms with E-state index in [0.717, 1.165) is 77.0 Å². The van der Waals surface area contributed by atoms with E-state index in [-0.39, 0.29) is 19.6 Å². The summed E-state index contributed by atoms with van der Waals surface area (Å²) in [5.74, 6) is -0.403. The summed E-state index contributed by atoms with van der Waals surface area (Å²) in [6.07, 6.45) is 56.8. The molecule has 12 nitrogen and oxygen atoms in total. The summed E-state index contributed by atoms with van der Waals surface area (Å²) in [4.78, 5) is 13.0. The van der Waals surface area contributed by atoms with E-state index in [2.05, 4.69) is 78.8 Å². The molecule has 1 fully saturated rings. The molecule has 1 rings (SSSR count). The highest BCUT2D eigenvalue weighted by atomic mass is 32.3. The monoisotopic (exact) mass is 1050 g/mol. The summed E-state index contributed by atoms with van der Waals surface area (Å²) in [5.41, 5.74) is 0. The highest BCUT2D eigenvalue weighted by Gasteiger charge is 2.48. The van der Waals surface area contributed by atoms with Crippen LogP contribution in [0.25, 0.3) is 0 Å². The quantitative estimate of drug-likeness (QED) is 0.0196. The van der Waals surface area contributed by atoms with E-state index >= 15 is 0 Å². The summed E-state index contributed by atoms with van der Waals surface area (Å²) >= 11 is 0. The smallest absolute Gasteiger partial charge is 0.397 e. The van der Waals surface area contributed by atoms with Gasteiger partial charge < -0.3 is 34.3 Å². The van der Waals surface area contributed by atoms with Crippen LogP contribution in [-0.4, -0.2) is 97.5 Å². The molecule has 426 valence electrons. The second-order valence-corrected chi connectivity index (χ2v) is 21.3. The van der Waals surface area contributed by atoms with Crippen LogP contribution in [0.3, 0.4) is 0 Å². The Morgan fingerprint density at radius 1 is 0.534 bits per heavy atom. The molecular formula is C60H108O12S. The molecule has 4 N–H and O–H groups in total. The first kappa shape index (κ1) is 68.8. The highest BCUT2D eigenvalue weighted by Crippen LogP contribution is 2.26. The van der Waals surface area contributed by atoms with Crippen LogP contribution < -0.4 is 0 Å². The van der Waals surface area contributed by atoms with Crippen molar-refractivity contribution in [1.29, 1.82) is 0 Å². The van der Waals surface area contributed by atoms with E-state index in [0.29, 0.717) is 13.0 Å². The van der Waals surface area contributed by atoms with E-state index in [1.54, 1.807) is 0 Å². The van der Waals surface area contributed by atoms with Crippen molar-refractivity contribution in [2.45, 2.75) is 288 Å². The lowest BCUT2D eigenvalue weighted by Gasteiger charge is -2.41. The maximum absolute atomic E-state index is 13.0. The van der Waals surface area contributed by atoms with Crippen LogP contribution in [0.1, 0.15) is 251 Å². The fourth-order valence-corrected chi connectivity index (χ4v) is 9.50. The Labute approximate surface area is 446 Å². The summed E-state index contributed by atoms with van der Waals surface area (Å²) < 4.78 is 59.5. The number of ether oxygens (including phenoxy) is 4. The van der Waals surface area contributed by atoms with Crippen molar-refractivity contribution in [2.75, 3.05) is 26.4 Å². The molecule has 0 aromatic rings. The van der Waals surface area contributed by atoms with Gasteiger partial charge in [-0.15, -0.1) is 0 Å². The first-order chi connectivity index (χ1) is 35.6. The van der Waals surface area contributed by atoms with E-state index < -0.39 is 59.8 Å². The van der Waals surface area contributed by atoms with E-state index in [1.807, 2.05) is 0 Å². The molecule has 73 heavy (non-hydrogen) atoms. The van der Waals surface area contributed by atoms with Crippen molar-refractivity contribution in [1.82, 2.24) is 0 Å². The minimum absolute atomic E-state index is 0.0348. The summed E-state index contributed by atoms with van der Waals surface area (Å²) in [6.45, 7) is 3.92. The number of rotatable bonds is 52. The van der Waals surface area contributed by atoms with Crippen molar-refractivity contribution in [3.8, 4) is 0 Å². The molecule has 0 aromatic carbocycles. The number of carbonyl (C=O) groups excluding carboxylic acids is 1. The molecule has 0 radical (unpaired) electrons. The van der Waals surface area contributed by atoms with E-state index in [9.17, 15) is 33.1 Å². The molecule has 1 aliphatic heterocycles. The van der Waals surface area contributed by atoms with Crippen LogP contribution in [0, 0.1) is 0 Å². The van der Waals surface area contributed by atoms with Gasteiger partial charge >= 0.3 is 16.4 Å². The van der Waals surface area contributed by atoms with Crippen LogP contribution in [-0.2, 0) is 38.3 Å². The Balaban J connectivity index is 2.29. The number of aliphatic hydroxyl groups is 3. The Morgan fingerprint density at radius 2 is 0.945 bits per heavy atom. The standard InChI is InChI=1S/C60H108O12S/c1-3-5-7-9-11-13-15-17-19-21-23-25-26-27-28-29-31-33-35-37-39-41-43-45-47-49-56(62)70-54(53-69-60-58(64)59(72-73(65,66)67)57(63)55(51-61)71-60)52-68-50-48-46-44-42-40-38-36-34-32-30-24-22-20-18-16-14-12-10-8-6-4-2/h5,7,11,13,17,19,23,25,27-28,54-55,57-61,63-64H,3-4,6,8-10,12,14-16,18,20-22,24,26,29-53H2,1-2H3,(H,65,66,67)/b7-5-,13-11-,19-17-,25-23-,28-27-. The number of allylic oxidation sites excluding steroid dienone is 10. The van der Waals surface area contributed by atoms with Gasteiger partial charge in [0.1, 0.15) is 30.5 Å². The van der Waals surface area contributed by atoms with Gasteiger partial charge in [0.25, 0.3) is 0 Å². The minimum Gasteiger partial charge on any atom is -0.457 e. The van der Waals surface area contributed by atoms with Crippen molar-refractivity contribution < 1.29 is 56.2 Å². The number of unbranched alkanes of at least 4 members (excludes halogenated alkanes) is 29. The van der Waals surface area contributed by atoms with Gasteiger partial charge in [0, 0.05) is 13.0 Å². The Bertz CT molecular complexity index is 1500. The molecular weight excluding hydrogens is 945 g/mol. The van der Waals surface area contributed by atoms with Crippen LogP contribution in [0.15, 0.2) is 60.8 Å². The third-order valence-electron chi connectivity index (χ3n) is 13.4. The molecule has 0 aromatic heterocycles. The molecule has 1 aliphatic rings. The number of aliphatic hydroxyl groups excluding tert-OH is 3. The number of carbonyl (C=O) groups is 1. The largest absolute Gasteiger partial charge is 0.457 e. The second kappa shape index (κ2) is 50.6. The molecule has 1 saturated heterocycles. The maximum Gasteiger partial charge on any atom is 0.397 e. The van der Waals surface area contributed by atoms with Gasteiger partial charge in [-0.3, -0.25) is 9.35 Å².